The van der Waals surface area contributed by atoms with E-state index in [-0.39, 0.29) is 6.03 Å². The van der Waals surface area contributed by atoms with Crippen molar-refractivity contribution in [2.75, 3.05) is 11.1 Å². The number of anilines is 2. The summed E-state index contributed by atoms with van der Waals surface area (Å²) in [6.07, 6.45) is 1.63. The number of nitrogen functional groups attached to an aromatic ring is 1. The average Bonchev–Trinajstić information content (AvgIpc) is 2.41. The Morgan fingerprint density at radius 2 is 1.95 bits per heavy atom. The number of amides is 2. The van der Waals surface area contributed by atoms with Gasteiger partial charge in [-0.05, 0) is 35.9 Å². The fourth-order valence-corrected chi connectivity index (χ4v) is 1.70. The highest BCUT2D eigenvalue weighted by Crippen LogP contribution is 2.13. The van der Waals surface area contributed by atoms with E-state index >= 15 is 0 Å². The minimum absolute atomic E-state index is 0.265. The number of nitrogens with zero attached hydrogens (tertiary/aromatic N) is 1. The van der Waals surface area contributed by atoms with Crippen molar-refractivity contribution in [1.82, 2.24) is 10.3 Å². The number of nitrogens with two attached hydrogens (primary N) is 1. The number of pyridine rings is 1. The van der Waals surface area contributed by atoms with E-state index in [0.717, 1.165) is 15.7 Å². The van der Waals surface area contributed by atoms with Crippen LogP contribution >= 0.6 is 15.9 Å². The molecule has 0 aliphatic carbocycles. The summed E-state index contributed by atoms with van der Waals surface area (Å²) in [4.78, 5) is 15.6. The highest BCUT2D eigenvalue weighted by molar-refractivity contribution is 9.10. The molecule has 0 aliphatic rings. The van der Waals surface area contributed by atoms with E-state index in [9.17, 15) is 4.79 Å². The van der Waals surface area contributed by atoms with Gasteiger partial charge in [-0.1, -0.05) is 22.0 Å². The zero-order chi connectivity index (χ0) is 13.7. The van der Waals surface area contributed by atoms with Gasteiger partial charge < -0.3 is 16.4 Å². The largest absolute Gasteiger partial charge is 0.384 e. The van der Waals surface area contributed by atoms with E-state index in [0.29, 0.717) is 12.4 Å². The van der Waals surface area contributed by atoms with Crippen LogP contribution in [-0.4, -0.2) is 11.0 Å². The number of carbonyl (C=O) groups excluding carboxylic acids is 1. The van der Waals surface area contributed by atoms with Crippen molar-refractivity contribution in [3.63, 3.8) is 0 Å². The summed E-state index contributed by atoms with van der Waals surface area (Å²) in [5.41, 5.74) is 7.10. The van der Waals surface area contributed by atoms with Gasteiger partial charge in [0, 0.05) is 22.9 Å². The zero-order valence-electron chi connectivity index (χ0n) is 10.1. The molecule has 0 spiro atoms. The van der Waals surface area contributed by atoms with E-state index < -0.39 is 0 Å². The smallest absolute Gasteiger partial charge is 0.319 e. The Kier molecular flexibility index (Phi) is 4.35. The molecular weight excluding hydrogens is 308 g/mol. The number of hydrogen-bond acceptors (Lipinski definition) is 3. The van der Waals surface area contributed by atoms with Crippen LogP contribution < -0.4 is 16.4 Å². The molecule has 0 fully saturated rings. The van der Waals surface area contributed by atoms with E-state index in [2.05, 4.69) is 31.5 Å². The molecule has 19 heavy (non-hydrogen) atoms. The summed E-state index contributed by atoms with van der Waals surface area (Å²) >= 11 is 3.33. The lowest BCUT2D eigenvalue weighted by atomic mass is 10.3. The number of aromatic nitrogens is 1. The van der Waals surface area contributed by atoms with Crippen LogP contribution in [0.4, 0.5) is 16.3 Å². The standard InChI is InChI=1S/C13H13BrN4O/c14-10-2-4-11(5-3-10)18-13(19)17-8-9-1-6-12(15)16-7-9/h1-7H,8H2,(H2,15,16)(H2,17,18,19). The number of halogens is 1. The fraction of sp³-hybridized carbons (Fsp3) is 0.0769. The van der Waals surface area contributed by atoms with Gasteiger partial charge in [-0.2, -0.15) is 0 Å². The Balaban J connectivity index is 1.84. The summed E-state index contributed by atoms with van der Waals surface area (Å²) in [5, 5.41) is 5.47. The van der Waals surface area contributed by atoms with Gasteiger partial charge >= 0.3 is 6.03 Å². The van der Waals surface area contributed by atoms with Crippen molar-refractivity contribution in [2.24, 2.45) is 0 Å². The number of urea groups is 1. The minimum Gasteiger partial charge on any atom is -0.384 e. The summed E-state index contributed by atoms with van der Waals surface area (Å²) in [7, 11) is 0. The molecule has 0 saturated heterocycles. The molecule has 1 heterocycles. The molecule has 2 amide bonds. The number of hydrogen-bond donors (Lipinski definition) is 3. The number of benzene rings is 1. The molecule has 5 nitrogen and oxygen atoms in total. The van der Waals surface area contributed by atoms with Gasteiger partial charge in [0.05, 0.1) is 0 Å². The quantitative estimate of drug-likeness (QED) is 0.813. The Labute approximate surface area is 119 Å². The third kappa shape index (κ3) is 4.26. The molecule has 6 heteroatoms. The lowest BCUT2D eigenvalue weighted by Crippen LogP contribution is -2.28. The van der Waals surface area contributed by atoms with Gasteiger partial charge in [0.1, 0.15) is 5.82 Å². The molecule has 0 bridgehead atoms. The van der Waals surface area contributed by atoms with Crippen LogP contribution in [0.15, 0.2) is 47.1 Å². The van der Waals surface area contributed by atoms with Crippen LogP contribution in [0.1, 0.15) is 5.56 Å². The van der Waals surface area contributed by atoms with Crippen molar-refractivity contribution in [1.29, 1.82) is 0 Å². The molecule has 2 rings (SSSR count). The third-order valence-corrected chi connectivity index (χ3v) is 2.93. The average molecular weight is 321 g/mol. The van der Waals surface area contributed by atoms with Crippen LogP contribution in [0.25, 0.3) is 0 Å². The molecule has 1 aromatic heterocycles. The van der Waals surface area contributed by atoms with Crippen LogP contribution in [-0.2, 0) is 6.54 Å². The third-order valence-electron chi connectivity index (χ3n) is 2.40. The Morgan fingerprint density at radius 3 is 2.58 bits per heavy atom. The molecule has 0 atom stereocenters. The first kappa shape index (κ1) is 13.4. The van der Waals surface area contributed by atoms with E-state index in [1.165, 1.54) is 0 Å². The molecule has 98 valence electrons. The molecule has 0 aliphatic heterocycles. The van der Waals surface area contributed by atoms with Gasteiger partial charge in [0.25, 0.3) is 0 Å². The van der Waals surface area contributed by atoms with Gasteiger partial charge in [-0.3, -0.25) is 0 Å². The van der Waals surface area contributed by atoms with Crippen molar-refractivity contribution in [2.45, 2.75) is 6.54 Å². The van der Waals surface area contributed by atoms with Crippen molar-refractivity contribution in [3.8, 4) is 0 Å². The number of rotatable bonds is 3. The molecular formula is C13H13BrN4O. The molecule has 0 radical (unpaired) electrons. The van der Waals surface area contributed by atoms with Gasteiger partial charge in [0.15, 0.2) is 0 Å². The van der Waals surface area contributed by atoms with Crippen molar-refractivity contribution >= 4 is 33.5 Å². The second kappa shape index (κ2) is 6.19. The SMILES string of the molecule is Nc1ccc(CNC(=O)Nc2ccc(Br)cc2)cn1. The first-order chi connectivity index (χ1) is 9.13. The van der Waals surface area contributed by atoms with E-state index in [1.54, 1.807) is 12.3 Å². The topological polar surface area (TPSA) is 80.0 Å². The van der Waals surface area contributed by atoms with E-state index in [4.69, 9.17) is 5.73 Å². The maximum absolute atomic E-state index is 11.7. The summed E-state index contributed by atoms with van der Waals surface area (Å²) in [6, 6.07) is 10.6. The minimum atomic E-state index is -0.265. The van der Waals surface area contributed by atoms with Gasteiger partial charge in [-0.25, -0.2) is 9.78 Å². The second-order valence-corrected chi connectivity index (χ2v) is 4.82. The normalized spacial score (nSPS) is 9.95. The Bertz CT molecular complexity index is 554. The van der Waals surface area contributed by atoms with Crippen molar-refractivity contribution < 1.29 is 4.79 Å². The van der Waals surface area contributed by atoms with Crippen LogP contribution in [0, 0.1) is 0 Å². The summed E-state index contributed by atoms with van der Waals surface area (Å²) < 4.78 is 0.964. The first-order valence-electron chi connectivity index (χ1n) is 5.64. The zero-order valence-corrected chi connectivity index (χ0v) is 11.6. The van der Waals surface area contributed by atoms with Gasteiger partial charge in [-0.15, -0.1) is 0 Å². The second-order valence-electron chi connectivity index (χ2n) is 3.91. The first-order valence-corrected chi connectivity index (χ1v) is 6.43. The van der Waals surface area contributed by atoms with Crippen molar-refractivity contribution in [3.05, 3.63) is 52.6 Å². The predicted molar refractivity (Wildman–Crippen MR) is 78.6 cm³/mol. The highest BCUT2D eigenvalue weighted by Gasteiger charge is 2.01. The molecule has 0 saturated carbocycles. The van der Waals surface area contributed by atoms with Crippen LogP contribution in [0.3, 0.4) is 0 Å². The Hall–Kier alpha value is -2.08. The number of nitrogens with one attached hydrogen (secondary N) is 2. The maximum atomic E-state index is 11.7. The number of carbonyl (C=O) groups is 1. The molecule has 4 N–H and O–H groups in total. The lowest BCUT2D eigenvalue weighted by molar-refractivity contribution is 0.251. The highest BCUT2D eigenvalue weighted by atomic mass is 79.9. The maximum Gasteiger partial charge on any atom is 0.319 e. The van der Waals surface area contributed by atoms with E-state index in [1.807, 2.05) is 30.3 Å². The predicted octanol–water partition coefficient (Wildman–Crippen LogP) is 2.75. The summed E-state index contributed by atoms with van der Waals surface area (Å²) in [6.45, 7) is 0.398. The molecule has 0 unspecified atom stereocenters. The van der Waals surface area contributed by atoms with Gasteiger partial charge in [0.2, 0.25) is 0 Å². The summed E-state index contributed by atoms with van der Waals surface area (Å²) in [5.74, 6) is 0.461. The lowest BCUT2D eigenvalue weighted by Gasteiger charge is -2.07. The van der Waals surface area contributed by atoms with Crippen LogP contribution in [0.5, 0.6) is 0 Å². The molecule has 1 aromatic carbocycles. The monoisotopic (exact) mass is 320 g/mol. The van der Waals surface area contributed by atoms with Crippen LogP contribution in [0.2, 0.25) is 0 Å². The Morgan fingerprint density at radius 1 is 1.21 bits per heavy atom. The molecule has 2 aromatic rings. The fourth-order valence-electron chi connectivity index (χ4n) is 1.43.